The van der Waals surface area contributed by atoms with E-state index < -0.39 is 0 Å². The van der Waals surface area contributed by atoms with Crippen molar-refractivity contribution in [2.24, 2.45) is 0 Å². The number of ether oxygens (including phenoxy) is 1. The fourth-order valence-electron chi connectivity index (χ4n) is 1.83. The Balaban J connectivity index is 2.15. The van der Waals surface area contributed by atoms with Crippen molar-refractivity contribution >= 4 is 11.6 Å². The minimum atomic E-state index is 0.390. The van der Waals surface area contributed by atoms with E-state index in [1.807, 2.05) is 49.4 Å². The molecule has 0 N–H and O–H groups in total. The van der Waals surface area contributed by atoms with Gasteiger partial charge in [-0.3, -0.25) is 0 Å². The van der Waals surface area contributed by atoms with Crippen LogP contribution in [0.15, 0.2) is 42.5 Å². The van der Waals surface area contributed by atoms with E-state index in [9.17, 15) is 0 Å². The van der Waals surface area contributed by atoms with Gasteiger partial charge in [0.2, 0.25) is 0 Å². The van der Waals surface area contributed by atoms with Crippen LogP contribution < -0.4 is 4.74 Å². The second-order valence-corrected chi connectivity index (χ2v) is 4.73. The standard InChI is InChI=1S/C16H14ClNO/c1-12-6-7-15(17)16(10-12)19-11-14-5-3-2-4-13(14)8-9-18/h2-7,10H,8,11H2,1H3. The zero-order valence-corrected chi connectivity index (χ0v) is 11.4. The van der Waals surface area contributed by atoms with Crippen molar-refractivity contribution in [2.45, 2.75) is 20.0 Å². The van der Waals surface area contributed by atoms with Gasteiger partial charge in [0.05, 0.1) is 17.5 Å². The first-order valence-electron chi connectivity index (χ1n) is 6.03. The predicted molar refractivity (Wildman–Crippen MR) is 76.3 cm³/mol. The summed E-state index contributed by atoms with van der Waals surface area (Å²) in [5.41, 5.74) is 3.11. The lowest BCUT2D eigenvalue weighted by molar-refractivity contribution is 0.305. The Morgan fingerprint density at radius 1 is 1.16 bits per heavy atom. The molecule has 0 radical (unpaired) electrons. The monoisotopic (exact) mass is 271 g/mol. The first-order valence-corrected chi connectivity index (χ1v) is 6.41. The van der Waals surface area contributed by atoms with E-state index in [-0.39, 0.29) is 0 Å². The number of rotatable bonds is 4. The van der Waals surface area contributed by atoms with Gasteiger partial charge in [-0.15, -0.1) is 0 Å². The zero-order valence-electron chi connectivity index (χ0n) is 10.7. The van der Waals surface area contributed by atoms with Crippen molar-refractivity contribution in [2.75, 3.05) is 0 Å². The topological polar surface area (TPSA) is 33.0 Å². The van der Waals surface area contributed by atoms with Crippen molar-refractivity contribution in [3.05, 3.63) is 64.2 Å². The summed E-state index contributed by atoms with van der Waals surface area (Å²) in [6.07, 6.45) is 0.390. The van der Waals surface area contributed by atoms with Crippen LogP contribution in [0.3, 0.4) is 0 Å². The molecule has 2 aromatic carbocycles. The highest BCUT2D eigenvalue weighted by Gasteiger charge is 2.05. The number of hydrogen-bond donors (Lipinski definition) is 0. The largest absolute Gasteiger partial charge is 0.487 e. The van der Waals surface area contributed by atoms with Gasteiger partial charge in [-0.2, -0.15) is 5.26 Å². The van der Waals surface area contributed by atoms with Crippen LogP contribution in [-0.4, -0.2) is 0 Å². The van der Waals surface area contributed by atoms with Crippen molar-refractivity contribution < 1.29 is 4.74 Å². The van der Waals surface area contributed by atoms with E-state index in [1.54, 1.807) is 0 Å². The second-order valence-electron chi connectivity index (χ2n) is 4.33. The lowest BCUT2D eigenvalue weighted by Gasteiger charge is -2.11. The summed E-state index contributed by atoms with van der Waals surface area (Å²) in [6.45, 7) is 2.41. The molecule has 0 saturated heterocycles. The van der Waals surface area contributed by atoms with Crippen molar-refractivity contribution in [1.29, 1.82) is 5.26 Å². The highest BCUT2D eigenvalue weighted by molar-refractivity contribution is 6.32. The quantitative estimate of drug-likeness (QED) is 0.831. The van der Waals surface area contributed by atoms with Crippen LogP contribution >= 0.6 is 11.6 Å². The molecule has 0 fully saturated rings. The van der Waals surface area contributed by atoms with Crippen LogP contribution in [0.25, 0.3) is 0 Å². The smallest absolute Gasteiger partial charge is 0.138 e. The summed E-state index contributed by atoms with van der Waals surface area (Å²) in [6, 6.07) is 15.6. The third-order valence-electron chi connectivity index (χ3n) is 2.86. The van der Waals surface area contributed by atoms with Crippen LogP contribution in [0.1, 0.15) is 16.7 Å². The molecule has 0 aliphatic rings. The Morgan fingerprint density at radius 3 is 2.63 bits per heavy atom. The summed E-state index contributed by atoms with van der Waals surface area (Å²) < 4.78 is 5.75. The normalized spacial score (nSPS) is 9.95. The molecule has 0 saturated carbocycles. The Morgan fingerprint density at radius 2 is 1.89 bits per heavy atom. The molecule has 0 bridgehead atoms. The number of benzene rings is 2. The first-order chi connectivity index (χ1) is 9.20. The highest BCUT2D eigenvalue weighted by Crippen LogP contribution is 2.26. The maximum atomic E-state index is 8.80. The highest BCUT2D eigenvalue weighted by atomic mass is 35.5. The Hall–Kier alpha value is -1.98. The minimum absolute atomic E-state index is 0.390. The maximum Gasteiger partial charge on any atom is 0.138 e. The first kappa shape index (κ1) is 13.5. The molecule has 0 heterocycles. The zero-order chi connectivity index (χ0) is 13.7. The van der Waals surface area contributed by atoms with E-state index in [0.29, 0.717) is 23.8 Å². The van der Waals surface area contributed by atoms with Gasteiger partial charge in [0, 0.05) is 0 Å². The van der Waals surface area contributed by atoms with Gasteiger partial charge >= 0.3 is 0 Å². The molecule has 96 valence electrons. The maximum absolute atomic E-state index is 8.80. The summed E-state index contributed by atoms with van der Waals surface area (Å²) in [5, 5.41) is 9.40. The third kappa shape index (κ3) is 3.49. The molecule has 0 spiro atoms. The van der Waals surface area contributed by atoms with Gasteiger partial charge in [0.1, 0.15) is 12.4 Å². The fourth-order valence-corrected chi connectivity index (χ4v) is 2.00. The van der Waals surface area contributed by atoms with Crippen LogP contribution in [0.4, 0.5) is 0 Å². The van der Waals surface area contributed by atoms with E-state index >= 15 is 0 Å². The second kappa shape index (κ2) is 6.26. The summed E-state index contributed by atoms with van der Waals surface area (Å²) in [4.78, 5) is 0. The third-order valence-corrected chi connectivity index (χ3v) is 3.17. The summed E-state index contributed by atoms with van der Waals surface area (Å²) in [5.74, 6) is 0.674. The molecule has 0 aromatic heterocycles. The molecule has 2 aromatic rings. The van der Waals surface area contributed by atoms with E-state index in [1.165, 1.54) is 0 Å². The van der Waals surface area contributed by atoms with Gasteiger partial charge in [-0.25, -0.2) is 0 Å². The summed E-state index contributed by atoms with van der Waals surface area (Å²) in [7, 11) is 0. The average Bonchev–Trinajstić information content (AvgIpc) is 2.42. The Kier molecular flexibility index (Phi) is 4.43. The van der Waals surface area contributed by atoms with Gasteiger partial charge in [0.15, 0.2) is 0 Å². The number of aryl methyl sites for hydroxylation is 1. The molecule has 0 aliphatic heterocycles. The molecular weight excluding hydrogens is 258 g/mol. The molecule has 0 atom stereocenters. The van der Waals surface area contributed by atoms with Crippen LogP contribution in [0.2, 0.25) is 5.02 Å². The van der Waals surface area contributed by atoms with Crippen molar-refractivity contribution in [1.82, 2.24) is 0 Å². The van der Waals surface area contributed by atoms with Gasteiger partial charge in [0.25, 0.3) is 0 Å². The van der Waals surface area contributed by atoms with Crippen molar-refractivity contribution in [3.8, 4) is 11.8 Å². The fraction of sp³-hybridized carbons (Fsp3) is 0.188. The number of hydrogen-bond acceptors (Lipinski definition) is 2. The lowest BCUT2D eigenvalue weighted by atomic mass is 10.1. The van der Waals surface area contributed by atoms with E-state index in [0.717, 1.165) is 16.7 Å². The molecule has 0 aliphatic carbocycles. The van der Waals surface area contributed by atoms with Gasteiger partial charge < -0.3 is 4.74 Å². The lowest BCUT2D eigenvalue weighted by Crippen LogP contribution is -2.00. The molecule has 0 unspecified atom stereocenters. The number of nitrogens with zero attached hydrogens (tertiary/aromatic N) is 1. The van der Waals surface area contributed by atoms with Crippen LogP contribution in [0.5, 0.6) is 5.75 Å². The molecular formula is C16H14ClNO. The van der Waals surface area contributed by atoms with Crippen molar-refractivity contribution in [3.63, 3.8) is 0 Å². The molecule has 19 heavy (non-hydrogen) atoms. The Labute approximate surface area is 118 Å². The van der Waals surface area contributed by atoms with Gasteiger partial charge in [-0.1, -0.05) is 41.9 Å². The van der Waals surface area contributed by atoms with E-state index in [4.69, 9.17) is 21.6 Å². The SMILES string of the molecule is Cc1ccc(Cl)c(OCc2ccccc2CC#N)c1. The van der Waals surface area contributed by atoms with Gasteiger partial charge in [-0.05, 0) is 35.7 Å². The Bertz CT molecular complexity index is 616. The molecule has 3 heteroatoms. The van der Waals surface area contributed by atoms with Crippen LogP contribution in [-0.2, 0) is 13.0 Å². The number of nitriles is 1. The van der Waals surface area contributed by atoms with E-state index in [2.05, 4.69) is 6.07 Å². The van der Waals surface area contributed by atoms with Crippen LogP contribution in [0, 0.1) is 18.3 Å². The average molecular weight is 272 g/mol. The molecule has 0 amide bonds. The molecule has 2 nitrogen and oxygen atoms in total. The minimum Gasteiger partial charge on any atom is -0.487 e. The summed E-state index contributed by atoms with van der Waals surface area (Å²) >= 11 is 6.09. The predicted octanol–water partition coefficient (Wildman–Crippen LogP) is 4.29. The number of halogens is 1. The molecule has 2 rings (SSSR count).